The first kappa shape index (κ1) is 12.3. The summed E-state index contributed by atoms with van der Waals surface area (Å²) in [4.78, 5) is 8.73. The molecule has 3 nitrogen and oxygen atoms in total. The van der Waals surface area contributed by atoms with Crippen LogP contribution < -0.4 is 5.73 Å². The first-order chi connectivity index (χ1) is 9.31. The molecule has 0 saturated heterocycles. The molecule has 1 aromatic carbocycles. The van der Waals surface area contributed by atoms with Crippen LogP contribution in [0.3, 0.4) is 0 Å². The van der Waals surface area contributed by atoms with Crippen molar-refractivity contribution in [1.82, 2.24) is 9.97 Å². The molecule has 1 atom stereocenters. The Bertz CT molecular complexity index is 630. The highest BCUT2D eigenvalue weighted by atomic mass is 32.1. The highest BCUT2D eigenvalue weighted by Gasteiger charge is 2.09. The molecule has 2 heterocycles. The normalized spacial score (nSPS) is 12.7. The molecule has 2 N–H and O–H groups in total. The number of aromatic nitrogens is 2. The lowest BCUT2D eigenvalue weighted by atomic mass is 10.1. The van der Waals surface area contributed by atoms with Gasteiger partial charge in [0.05, 0.1) is 15.2 Å². The zero-order chi connectivity index (χ0) is 13.1. The smallest absolute Gasteiger partial charge is 0.0954 e. The summed E-state index contributed by atoms with van der Waals surface area (Å²) >= 11 is 1.73. The summed E-state index contributed by atoms with van der Waals surface area (Å²) in [7, 11) is 0. The molecule has 0 saturated carbocycles. The molecule has 0 bridgehead atoms. The van der Waals surface area contributed by atoms with Gasteiger partial charge in [0.15, 0.2) is 0 Å². The highest BCUT2D eigenvalue weighted by Crippen LogP contribution is 2.22. The van der Waals surface area contributed by atoms with E-state index < -0.39 is 0 Å². The van der Waals surface area contributed by atoms with Crippen molar-refractivity contribution < 1.29 is 0 Å². The number of hydrogen-bond donors (Lipinski definition) is 1. The van der Waals surface area contributed by atoms with E-state index in [1.165, 1.54) is 10.3 Å². The van der Waals surface area contributed by atoms with Crippen LogP contribution in [-0.4, -0.2) is 16.0 Å². The van der Waals surface area contributed by atoms with Gasteiger partial charge in [0.1, 0.15) is 0 Å². The van der Waals surface area contributed by atoms with Gasteiger partial charge >= 0.3 is 0 Å². The number of hydrogen-bond acceptors (Lipinski definition) is 4. The van der Waals surface area contributed by atoms with Gasteiger partial charge in [0.25, 0.3) is 0 Å². The summed E-state index contributed by atoms with van der Waals surface area (Å²) in [5.74, 6) is 0. The molecule has 0 aliphatic heterocycles. The molecule has 3 rings (SSSR count). The minimum absolute atomic E-state index is 0.0877. The van der Waals surface area contributed by atoms with Crippen LogP contribution in [0.4, 0.5) is 0 Å². The van der Waals surface area contributed by atoms with Gasteiger partial charge in [-0.15, -0.1) is 11.3 Å². The number of thiazole rings is 1. The zero-order valence-corrected chi connectivity index (χ0v) is 11.3. The van der Waals surface area contributed by atoms with Crippen LogP contribution >= 0.6 is 11.3 Å². The van der Waals surface area contributed by atoms with E-state index in [2.05, 4.69) is 22.1 Å². The molecule has 2 aromatic heterocycles. The predicted octanol–water partition coefficient (Wildman–Crippen LogP) is 2.80. The number of para-hydroxylation sites is 1. The van der Waals surface area contributed by atoms with Crippen LogP contribution in [0, 0.1) is 0 Å². The standard InChI is InChI=1S/C15H15N3S/c16-12(8-11-4-3-7-17-10-11)9-15-18-13-5-1-2-6-14(13)19-15/h1-7,10,12H,8-9,16H2. The monoisotopic (exact) mass is 269 g/mol. The fourth-order valence-corrected chi connectivity index (χ4v) is 3.19. The van der Waals surface area contributed by atoms with Crippen molar-refractivity contribution in [2.45, 2.75) is 18.9 Å². The van der Waals surface area contributed by atoms with Crippen LogP contribution in [0.1, 0.15) is 10.6 Å². The molecular formula is C15H15N3S. The number of nitrogens with two attached hydrogens (primary N) is 1. The molecule has 0 amide bonds. The van der Waals surface area contributed by atoms with Crippen molar-refractivity contribution >= 4 is 21.6 Å². The lowest BCUT2D eigenvalue weighted by Gasteiger charge is -2.09. The van der Waals surface area contributed by atoms with Gasteiger partial charge < -0.3 is 5.73 Å². The summed E-state index contributed by atoms with van der Waals surface area (Å²) < 4.78 is 1.23. The van der Waals surface area contributed by atoms with Gasteiger partial charge in [0.2, 0.25) is 0 Å². The minimum atomic E-state index is 0.0877. The van der Waals surface area contributed by atoms with Crippen molar-refractivity contribution in [2.24, 2.45) is 5.73 Å². The van der Waals surface area contributed by atoms with Gasteiger partial charge in [-0.1, -0.05) is 18.2 Å². The fraction of sp³-hybridized carbons (Fsp3) is 0.200. The van der Waals surface area contributed by atoms with Gasteiger partial charge in [0, 0.05) is 24.9 Å². The Morgan fingerprint density at radius 1 is 1.11 bits per heavy atom. The Morgan fingerprint density at radius 2 is 2.00 bits per heavy atom. The lowest BCUT2D eigenvalue weighted by Crippen LogP contribution is -2.25. The van der Waals surface area contributed by atoms with E-state index in [-0.39, 0.29) is 6.04 Å². The fourth-order valence-electron chi connectivity index (χ4n) is 2.13. The van der Waals surface area contributed by atoms with E-state index in [4.69, 9.17) is 5.73 Å². The largest absolute Gasteiger partial charge is 0.327 e. The molecule has 4 heteroatoms. The summed E-state index contributed by atoms with van der Waals surface area (Å²) in [6, 6.07) is 12.3. The van der Waals surface area contributed by atoms with Crippen LogP contribution in [0.2, 0.25) is 0 Å². The van der Waals surface area contributed by atoms with E-state index in [1.54, 1.807) is 17.5 Å². The molecule has 3 aromatic rings. The Labute approximate surface area is 116 Å². The molecule has 19 heavy (non-hydrogen) atoms. The molecule has 0 radical (unpaired) electrons. The van der Waals surface area contributed by atoms with E-state index >= 15 is 0 Å². The zero-order valence-electron chi connectivity index (χ0n) is 10.5. The van der Waals surface area contributed by atoms with Gasteiger partial charge in [-0.25, -0.2) is 4.98 Å². The third-order valence-corrected chi connectivity index (χ3v) is 4.05. The van der Waals surface area contributed by atoms with Gasteiger partial charge in [-0.05, 0) is 30.2 Å². The Hall–Kier alpha value is -1.78. The maximum Gasteiger partial charge on any atom is 0.0954 e. The Kier molecular flexibility index (Phi) is 3.53. The molecule has 0 fully saturated rings. The van der Waals surface area contributed by atoms with E-state index in [0.717, 1.165) is 23.4 Å². The lowest BCUT2D eigenvalue weighted by molar-refractivity contribution is 0.661. The van der Waals surface area contributed by atoms with Gasteiger partial charge in [-0.3, -0.25) is 4.98 Å². The molecule has 0 spiro atoms. The average Bonchev–Trinajstić information content (AvgIpc) is 2.81. The number of pyridine rings is 1. The molecule has 96 valence electrons. The SMILES string of the molecule is NC(Cc1cccnc1)Cc1nc2ccccc2s1. The maximum atomic E-state index is 6.20. The summed E-state index contributed by atoms with van der Waals surface area (Å²) in [5, 5.41) is 1.11. The van der Waals surface area contributed by atoms with Crippen molar-refractivity contribution in [3.63, 3.8) is 0 Å². The van der Waals surface area contributed by atoms with Gasteiger partial charge in [-0.2, -0.15) is 0 Å². The number of nitrogens with zero attached hydrogens (tertiary/aromatic N) is 2. The van der Waals surface area contributed by atoms with E-state index in [9.17, 15) is 0 Å². The molecule has 0 aliphatic rings. The predicted molar refractivity (Wildman–Crippen MR) is 79.2 cm³/mol. The van der Waals surface area contributed by atoms with Crippen molar-refractivity contribution in [3.05, 3.63) is 59.4 Å². The molecule has 0 aliphatic carbocycles. The number of benzene rings is 1. The third-order valence-electron chi connectivity index (χ3n) is 3.00. The van der Waals surface area contributed by atoms with Crippen LogP contribution in [0.5, 0.6) is 0 Å². The second kappa shape index (κ2) is 5.47. The average molecular weight is 269 g/mol. The summed E-state index contributed by atoms with van der Waals surface area (Å²) in [6.45, 7) is 0. The molecule has 1 unspecified atom stereocenters. The first-order valence-corrected chi connectivity index (χ1v) is 7.12. The highest BCUT2D eigenvalue weighted by molar-refractivity contribution is 7.18. The Balaban J connectivity index is 1.70. The van der Waals surface area contributed by atoms with Crippen LogP contribution in [0.15, 0.2) is 48.8 Å². The van der Waals surface area contributed by atoms with Crippen LogP contribution in [-0.2, 0) is 12.8 Å². The summed E-state index contributed by atoms with van der Waals surface area (Å²) in [6.07, 6.45) is 5.30. The second-order valence-corrected chi connectivity index (χ2v) is 5.72. The first-order valence-electron chi connectivity index (χ1n) is 6.30. The minimum Gasteiger partial charge on any atom is -0.327 e. The van der Waals surface area contributed by atoms with Crippen molar-refractivity contribution in [2.75, 3.05) is 0 Å². The Morgan fingerprint density at radius 3 is 2.79 bits per heavy atom. The van der Waals surface area contributed by atoms with Crippen molar-refractivity contribution in [1.29, 1.82) is 0 Å². The maximum absolute atomic E-state index is 6.20. The third kappa shape index (κ3) is 2.97. The summed E-state index contributed by atoms with van der Waals surface area (Å²) in [5.41, 5.74) is 8.44. The van der Waals surface area contributed by atoms with Crippen LogP contribution in [0.25, 0.3) is 10.2 Å². The van der Waals surface area contributed by atoms with Crippen molar-refractivity contribution in [3.8, 4) is 0 Å². The quantitative estimate of drug-likeness (QED) is 0.792. The van der Waals surface area contributed by atoms with E-state index in [0.29, 0.717) is 0 Å². The molecular weight excluding hydrogens is 254 g/mol. The number of rotatable bonds is 4. The second-order valence-electron chi connectivity index (χ2n) is 4.60. The number of fused-ring (bicyclic) bond motifs is 1. The van der Waals surface area contributed by atoms with E-state index in [1.807, 2.05) is 30.5 Å². The topological polar surface area (TPSA) is 51.8 Å².